The molecule has 0 fully saturated rings. The van der Waals surface area contributed by atoms with Gasteiger partial charge in [-0.1, -0.05) is 30.3 Å². The lowest BCUT2D eigenvalue weighted by Gasteiger charge is -2.20. The number of nitrogens with zero attached hydrogens (tertiary/aromatic N) is 4. The van der Waals surface area contributed by atoms with Gasteiger partial charge < -0.3 is 25.6 Å². The fourth-order valence-electron chi connectivity index (χ4n) is 5.92. The summed E-state index contributed by atoms with van der Waals surface area (Å²) in [5.74, 6) is -0.512. The molecule has 1 aromatic heterocycles. The van der Waals surface area contributed by atoms with Gasteiger partial charge in [0.15, 0.2) is 5.82 Å². The summed E-state index contributed by atoms with van der Waals surface area (Å²) in [5, 5.41) is 13.0. The third-order valence-electron chi connectivity index (χ3n) is 8.49. The molecule has 0 aliphatic rings. The molecule has 0 saturated heterocycles. The summed E-state index contributed by atoms with van der Waals surface area (Å²) in [6.45, 7) is 0.943. The molecule has 8 nitrogen and oxygen atoms in total. The van der Waals surface area contributed by atoms with Crippen molar-refractivity contribution >= 4 is 33.9 Å². The van der Waals surface area contributed by atoms with Crippen molar-refractivity contribution in [1.29, 1.82) is 0 Å². The molecule has 0 atom stereocenters. The van der Waals surface area contributed by atoms with Gasteiger partial charge in [0.25, 0.3) is 0 Å². The minimum atomic E-state index is -4.65. The normalized spacial score (nSPS) is 12.2. The van der Waals surface area contributed by atoms with Crippen LogP contribution in [-0.2, 0) is 29.9 Å². The molecule has 0 amide bonds. The number of ether oxygens (including phenoxy) is 1. The Labute approximate surface area is 297 Å². The average molecular weight is 725 g/mol. The molecule has 3 N–H and O–H groups in total. The molecule has 52 heavy (non-hydrogen) atoms. The molecule has 0 radical (unpaired) electrons. The van der Waals surface area contributed by atoms with E-state index < -0.39 is 29.4 Å². The number of hydrogen-bond acceptors (Lipinski definition) is 8. The number of fused-ring (bicyclic) bond motifs is 1. The van der Waals surface area contributed by atoms with Crippen molar-refractivity contribution in [3.05, 3.63) is 101 Å². The van der Waals surface area contributed by atoms with Crippen LogP contribution in [0.2, 0.25) is 0 Å². The third kappa shape index (κ3) is 8.62. The maximum atomic E-state index is 13.9. The maximum Gasteiger partial charge on any atom is 0.416 e. The molecule has 1 heterocycles. The number of carbonyl (C=O) groups is 1. The second-order valence-electron chi connectivity index (χ2n) is 12.9. The van der Waals surface area contributed by atoms with E-state index in [2.05, 4.69) is 15.5 Å². The first kappa shape index (κ1) is 38.0. The van der Waals surface area contributed by atoms with Gasteiger partial charge in [0.1, 0.15) is 5.69 Å². The Kier molecular flexibility index (Phi) is 11.1. The summed E-state index contributed by atoms with van der Waals surface area (Å²) in [7, 11) is 8.45. The van der Waals surface area contributed by atoms with E-state index in [1.165, 1.54) is 13.2 Å². The van der Waals surface area contributed by atoms with Gasteiger partial charge in [0.2, 0.25) is 0 Å². The summed E-state index contributed by atoms with van der Waals surface area (Å²) in [4.78, 5) is 16.7. The van der Waals surface area contributed by atoms with E-state index in [0.29, 0.717) is 47.1 Å². The van der Waals surface area contributed by atoms with Crippen LogP contribution in [0.1, 0.15) is 32.6 Å². The van der Waals surface area contributed by atoms with Crippen molar-refractivity contribution in [2.45, 2.75) is 25.2 Å². The number of halogens is 6. The number of benzene rings is 4. The van der Waals surface area contributed by atoms with Gasteiger partial charge in [-0.2, -0.15) is 26.3 Å². The SMILES string of the molecule is COC(=O)c1ccc(-c2nnc(Nc3cc(CCN(C)C)cc(C(F)(F)F)c3)c3ccccc23)cc1-c1c(N)cc(C(F)(F)F)cc1CCN(C)C. The van der Waals surface area contributed by atoms with E-state index >= 15 is 0 Å². The van der Waals surface area contributed by atoms with Crippen LogP contribution in [0, 0.1) is 0 Å². The van der Waals surface area contributed by atoms with Crippen LogP contribution in [0.25, 0.3) is 33.2 Å². The number of esters is 1. The highest BCUT2D eigenvalue weighted by atomic mass is 19.4. The van der Waals surface area contributed by atoms with E-state index in [1.807, 2.05) is 23.9 Å². The number of rotatable bonds is 11. The van der Waals surface area contributed by atoms with Crippen LogP contribution in [0.4, 0.5) is 43.5 Å². The van der Waals surface area contributed by atoms with Crippen molar-refractivity contribution in [3.8, 4) is 22.4 Å². The van der Waals surface area contributed by atoms with Gasteiger partial charge in [0, 0.05) is 46.4 Å². The molecule has 0 bridgehead atoms. The topological polar surface area (TPSA) is 96.6 Å². The third-order valence-corrected chi connectivity index (χ3v) is 8.49. The molecule has 0 saturated carbocycles. The zero-order valence-corrected chi connectivity index (χ0v) is 29.2. The smallest absolute Gasteiger partial charge is 0.416 e. The zero-order valence-electron chi connectivity index (χ0n) is 29.2. The van der Waals surface area contributed by atoms with Crippen molar-refractivity contribution in [2.75, 3.05) is 59.4 Å². The van der Waals surface area contributed by atoms with Crippen molar-refractivity contribution in [3.63, 3.8) is 0 Å². The van der Waals surface area contributed by atoms with Crippen LogP contribution < -0.4 is 11.1 Å². The number of alkyl halides is 6. The highest BCUT2D eigenvalue weighted by Gasteiger charge is 2.33. The van der Waals surface area contributed by atoms with Crippen LogP contribution in [0.5, 0.6) is 0 Å². The Hall–Kier alpha value is -5.21. The molecular formula is C38H38F6N6O2. The van der Waals surface area contributed by atoms with Gasteiger partial charge in [-0.3, -0.25) is 0 Å². The number of methoxy groups -OCH3 is 1. The summed E-state index contributed by atoms with van der Waals surface area (Å²) in [6, 6.07) is 17.4. The Morgan fingerprint density at radius 3 is 2.06 bits per heavy atom. The molecule has 0 aliphatic heterocycles. The fraction of sp³-hybridized carbons (Fsp3) is 0.289. The second-order valence-corrected chi connectivity index (χ2v) is 12.9. The molecule has 14 heteroatoms. The highest BCUT2D eigenvalue weighted by Crippen LogP contribution is 2.42. The number of hydrogen-bond donors (Lipinski definition) is 2. The lowest BCUT2D eigenvalue weighted by molar-refractivity contribution is -0.138. The Morgan fingerprint density at radius 1 is 0.788 bits per heavy atom. The molecule has 0 unspecified atom stereocenters. The van der Waals surface area contributed by atoms with E-state index in [1.54, 1.807) is 56.6 Å². The molecule has 5 aromatic rings. The average Bonchev–Trinajstić information content (AvgIpc) is 3.08. The molecule has 0 spiro atoms. The minimum Gasteiger partial charge on any atom is -0.465 e. The van der Waals surface area contributed by atoms with Crippen LogP contribution >= 0.6 is 0 Å². The molecule has 274 valence electrons. The summed E-state index contributed by atoms with van der Waals surface area (Å²) in [6.07, 6.45) is -8.64. The summed E-state index contributed by atoms with van der Waals surface area (Å²) < 4.78 is 88.3. The van der Waals surface area contributed by atoms with Gasteiger partial charge in [-0.15, -0.1) is 10.2 Å². The largest absolute Gasteiger partial charge is 0.465 e. The van der Waals surface area contributed by atoms with Crippen LogP contribution in [0.15, 0.2) is 72.8 Å². The first-order valence-corrected chi connectivity index (χ1v) is 16.2. The van der Waals surface area contributed by atoms with Crippen LogP contribution in [0.3, 0.4) is 0 Å². The number of carbonyl (C=O) groups excluding carboxylic acids is 1. The van der Waals surface area contributed by atoms with Gasteiger partial charge in [-0.25, -0.2) is 4.79 Å². The molecule has 0 aliphatic carbocycles. The minimum absolute atomic E-state index is 0.0778. The first-order chi connectivity index (χ1) is 24.5. The Bertz CT molecular complexity index is 2100. The summed E-state index contributed by atoms with van der Waals surface area (Å²) in [5.41, 5.74) is 6.81. The second kappa shape index (κ2) is 15.2. The maximum absolute atomic E-state index is 13.9. The van der Waals surface area contributed by atoms with Gasteiger partial charge >= 0.3 is 18.3 Å². The number of likely N-dealkylation sites (N-methyl/N-ethyl adjacent to an activating group) is 2. The first-order valence-electron chi connectivity index (χ1n) is 16.2. The highest BCUT2D eigenvalue weighted by molar-refractivity contribution is 6.04. The standard InChI is InChI=1S/C38H38F6N6O2/c1-49(2)14-12-22-16-25(37(39,40)41)20-27(17-22)46-35-29-9-7-6-8-28(29)34(47-48-35)24-10-11-30(36(51)52-5)31(19-24)33-23(13-15-50(3)4)18-26(21-32(33)45)38(42,43)44/h6-11,16-21H,12-15,45H2,1-5H3,(H,46,48). The lowest BCUT2D eigenvalue weighted by Crippen LogP contribution is -2.17. The molecular weight excluding hydrogens is 686 g/mol. The van der Waals surface area contributed by atoms with Gasteiger partial charge in [-0.05, 0) is 100 Å². The number of nitrogens with two attached hydrogens (primary N) is 1. The van der Waals surface area contributed by atoms with Crippen LogP contribution in [-0.4, -0.2) is 74.4 Å². The van der Waals surface area contributed by atoms with E-state index in [9.17, 15) is 31.1 Å². The zero-order chi connectivity index (χ0) is 38.0. The number of anilines is 3. The number of aromatic nitrogens is 2. The molecule has 5 rings (SSSR count). The summed E-state index contributed by atoms with van der Waals surface area (Å²) >= 11 is 0. The fourth-order valence-corrected chi connectivity index (χ4v) is 5.92. The predicted molar refractivity (Wildman–Crippen MR) is 190 cm³/mol. The van der Waals surface area contributed by atoms with Crippen molar-refractivity contribution < 1.29 is 35.9 Å². The van der Waals surface area contributed by atoms with E-state index in [4.69, 9.17) is 10.5 Å². The quantitative estimate of drug-likeness (QED) is 0.0798. The Balaban J connectivity index is 1.66. The van der Waals surface area contributed by atoms with Gasteiger partial charge in [0.05, 0.1) is 23.8 Å². The monoisotopic (exact) mass is 724 g/mol. The van der Waals surface area contributed by atoms with Crippen molar-refractivity contribution in [1.82, 2.24) is 20.0 Å². The lowest BCUT2D eigenvalue weighted by atomic mass is 9.88. The number of nitrogen functional groups attached to an aromatic ring is 1. The molecule has 4 aromatic carbocycles. The van der Waals surface area contributed by atoms with E-state index in [-0.39, 0.29) is 45.9 Å². The predicted octanol–water partition coefficient (Wildman–Crippen LogP) is 8.32. The Morgan fingerprint density at radius 2 is 1.42 bits per heavy atom. The number of nitrogens with one attached hydrogen (secondary N) is 1. The van der Waals surface area contributed by atoms with Crippen molar-refractivity contribution in [2.24, 2.45) is 0 Å². The van der Waals surface area contributed by atoms with E-state index in [0.717, 1.165) is 24.3 Å².